The monoisotopic (exact) mass is 588 g/mol. The Morgan fingerprint density at radius 2 is 1.29 bits per heavy atom. The van der Waals surface area contributed by atoms with Gasteiger partial charge in [-0.1, -0.05) is 78.1 Å². The van der Waals surface area contributed by atoms with Gasteiger partial charge in [-0.3, -0.25) is 0 Å². The molecule has 2 aromatic rings. The van der Waals surface area contributed by atoms with Gasteiger partial charge in [0.25, 0.3) is 0 Å². The summed E-state index contributed by atoms with van der Waals surface area (Å²) in [6.07, 6.45) is 16.1. The number of aldehydes is 1. The van der Waals surface area contributed by atoms with Crippen LogP contribution in [-0.2, 0) is 4.79 Å². The van der Waals surface area contributed by atoms with Crippen molar-refractivity contribution in [2.24, 2.45) is 5.92 Å². The Morgan fingerprint density at radius 1 is 0.774 bits per heavy atom. The first-order valence-corrected chi connectivity index (χ1v) is 15.4. The molecule has 2 aromatic heterocycles. The summed E-state index contributed by atoms with van der Waals surface area (Å²) in [5.41, 5.74) is 0. The quantitative estimate of drug-likeness (QED) is 0.132. The molecule has 2 rings (SSSR count). The van der Waals surface area contributed by atoms with Gasteiger partial charge in [0.1, 0.15) is 6.29 Å². The van der Waals surface area contributed by atoms with Crippen molar-refractivity contribution in [1.29, 1.82) is 0 Å². The largest absolute Gasteiger partial charge is 0.303 e. The first kappa shape index (κ1) is 27.3. The number of hydrogen-bond acceptors (Lipinski definition) is 3. The first-order valence-electron chi connectivity index (χ1n) is 12.0. The minimum absolute atomic E-state index is 0.0752. The molecular formula is C26H38Br2OS2. The van der Waals surface area contributed by atoms with Crippen LogP contribution in [0.2, 0.25) is 0 Å². The summed E-state index contributed by atoms with van der Waals surface area (Å²) in [6, 6.07) is 4.32. The molecule has 0 aliphatic heterocycles. The highest BCUT2D eigenvalue weighted by atomic mass is 79.9. The molecule has 0 aliphatic rings. The Bertz CT molecular complexity index is 739. The van der Waals surface area contributed by atoms with Crippen LogP contribution in [0.15, 0.2) is 31.8 Å². The highest BCUT2D eigenvalue weighted by molar-refractivity contribution is 9.10. The Balaban J connectivity index is 2.26. The molecule has 0 N–H and O–H groups in total. The first-order chi connectivity index (χ1) is 15.1. The molecule has 1 nitrogen and oxygen atoms in total. The van der Waals surface area contributed by atoms with E-state index in [9.17, 15) is 4.79 Å². The summed E-state index contributed by atoms with van der Waals surface area (Å²) >= 11 is 11.3. The fraction of sp³-hybridized carbons (Fsp3) is 0.654. The Labute approximate surface area is 214 Å². The molecular weight excluding hydrogens is 552 g/mol. The summed E-state index contributed by atoms with van der Waals surface area (Å²) in [7, 11) is 0. The maximum Gasteiger partial charge on any atom is 0.123 e. The smallest absolute Gasteiger partial charge is 0.123 e. The third-order valence-corrected chi connectivity index (χ3v) is 10.2. The van der Waals surface area contributed by atoms with Crippen molar-refractivity contribution < 1.29 is 4.79 Å². The predicted octanol–water partition coefficient (Wildman–Crippen LogP) is 10.7. The van der Waals surface area contributed by atoms with E-state index in [1.54, 1.807) is 0 Å². The van der Waals surface area contributed by atoms with E-state index in [0.717, 1.165) is 19.3 Å². The summed E-state index contributed by atoms with van der Waals surface area (Å²) in [4.78, 5) is 15.2. The van der Waals surface area contributed by atoms with Crippen molar-refractivity contribution in [3.05, 3.63) is 41.6 Å². The molecule has 174 valence electrons. The molecule has 3 unspecified atom stereocenters. The van der Waals surface area contributed by atoms with Crippen molar-refractivity contribution in [1.82, 2.24) is 0 Å². The normalized spacial score (nSPS) is 14.5. The predicted molar refractivity (Wildman–Crippen MR) is 146 cm³/mol. The van der Waals surface area contributed by atoms with Crippen LogP contribution in [0.5, 0.6) is 0 Å². The van der Waals surface area contributed by atoms with E-state index >= 15 is 0 Å². The Kier molecular flexibility index (Phi) is 13.9. The molecule has 31 heavy (non-hydrogen) atoms. The Morgan fingerprint density at radius 3 is 1.77 bits per heavy atom. The topological polar surface area (TPSA) is 17.1 Å². The summed E-state index contributed by atoms with van der Waals surface area (Å²) in [6.45, 7) is 4.52. The zero-order valence-corrected chi connectivity index (χ0v) is 23.9. The summed E-state index contributed by atoms with van der Waals surface area (Å²) in [5.74, 6) is 0.710. The van der Waals surface area contributed by atoms with Crippen LogP contribution in [0.1, 0.15) is 112 Å². The maximum atomic E-state index is 12.4. The number of carbonyl (C=O) groups excluding carboxylic acids is 1. The van der Waals surface area contributed by atoms with Gasteiger partial charge in [-0.05, 0) is 67.6 Å². The van der Waals surface area contributed by atoms with Crippen LogP contribution in [0.25, 0.3) is 0 Å². The second-order valence-corrected chi connectivity index (χ2v) is 12.2. The lowest BCUT2D eigenvalue weighted by atomic mass is 9.75. The van der Waals surface area contributed by atoms with Crippen LogP contribution in [0.4, 0.5) is 0 Å². The number of hydrogen-bond donors (Lipinski definition) is 0. The van der Waals surface area contributed by atoms with Gasteiger partial charge in [0.2, 0.25) is 0 Å². The molecule has 0 aliphatic carbocycles. The van der Waals surface area contributed by atoms with Gasteiger partial charge < -0.3 is 4.79 Å². The fourth-order valence-corrected chi connectivity index (χ4v) is 8.28. The van der Waals surface area contributed by atoms with Crippen LogP contribution < -0.4 is 0 Å². The molecule has 2 heterocycles. The average Bonchev–Trinajstić information content (AvgIpc) is 3.38. The standard InChI is InChI=1S/C26H38Br2OS2/c1-3-5-7-9-11-13-20(19-29)24(26-23(28)16-18-31-26)21(14-12-10-8-6-4-2)25-22(27)15-17-30-25/h15-21,24H,3-14H2,1-2H3. The van der Waals surface area contributed by atoms with Crippen molar-refractivity contribution >= 4 is 60.8 Å². The molecule has 3 atom stereocenters. The van der Waals surface area contributed by atoms with E-state index in [0.29, 0.717) is 5.92 Å². The van der Waals surface area contributed by atoms with Gasteiger partial charge in [0.15, 0.2) is 0 Å². The van der Waals surface area contributed by atoms with Gasteiger partial charge in [-0.15, -0.1) is 22.7 Å². The van der Waals surface area contributed by atoms with Gasteiger partial charge in [-0.25, -0.2) is 0 Å². The minimum Gasteiger partial charge on any atom is -0.303 e. The average molecular weight is 591 g/mol. The highest BCUT2D eigenvalue weighted by Gasteiger charge is 2.35. The number of thiophene rings is 2. The van der Waals surface area contributed by atoms with E-state index in [1.807, 2.05) is 22.7 Å². The number of rotatable bonds is 17. The fourth-order valence-electron chi connectivity index (χ4n) is 4.55. The van der Waals surface area contributed by atoms with Gasteiger partial charge in [-0.2, -0.15) is 0 Å². The van der Waals surface area contributed by atoms with Crippen LogP contribution in [0, 0.1) is 5.92 Å². The second-order valence-electron chi connectivity index (χ2n) is 8.60. The SMILES string of the molecule is CCCCCCCC(C=O)C(c1sccc1Br)C(CCCCCCC)c1sccc1Br. The minimum atomic E-state index is 0.0752. The highest BCUT2D eigenvalue weighted by Crippen LogP contribution is 2.50. The van der Waals surface area contributed by atoms with Crippen LogP contribution >= 0.6 is 54.5 Å². The van der Waals surface area contributed by atoms with E-state index in [-0.39, 0.29) is 11.8 Å². The molecule has 0 fully saturated rings. The maximum absolute atomic E-state index is 12.4. The number of carbonyl (C=O) groups is 1. The molecule has 0 amide bonds. The van der Waals surface area contributed by atoms with Crippen molar-refractivity contribution in [3.8, 4) is 0 Å². The molecule has 5 heteroatoms. The van der Waals surface area contributed by atoms with E-state index in [1.165, 1.54) is 82.8 Å². The molecule has 0 aromatic carbocycles. The molecule has 0 saturated heterocycles. The van der Waals surface area contributed by atoms with Crippen molar-refractivity contribution in [3.63, 3.8) is 0 Å². The van der Waals surface area contributed by atoms with Gasteiger partial charge in [0.05, 0.1) is 0 Å². The van der Waals surface area contributed by atoms with E-state index in [2.05, 4.69) is 68.6 Å². The Hall–Kier alpha value is 0.0300. The lowest BCUT2D eigenvalue weighted by Crippen LogP contribution is -2.21. The summed E-state index contributed by atoms with van der Waals surface area (Å²) < 4.78 is 2.38. The number of unbranched alkanes of at least 4 members (excludes halogenated alkanes) is 8. The van der Waals surface area contributed by atoms with Crippen molar-refractivity contribution in [2.75, 3.05) is 0 Å². The van der Waals surface area contributed by atoms with E-state index < -0.39 is 0 Å². The number of halogens is 2. The van der Waals surface area contributed by atoms with E-state index in [4.69, 9.17) is 0 Å². The van der Waals surface area contributed by atoms with Crippen LogP contribution in [-0.4, -0.2) is 6.29 Å². The molecule has 0 spiro atoms. The molecule has 0 bridgehead atoms. The van der Waals surface area contributed by atoms with Crippen LogP contribution in [0.3, 0.4) is 0 Å². The third kappa shape index (κ3) is 8.72. The zero-order chi connectivity index (χ0) is 22.5. The lowest BCUT2D eigenvalue weighted by molar-refractivity contribution is -0.112. The summed E-state index contributed by atoms with van der Waals surface area (Å²) in [5, 5.41) is 4.35. The lowest BCUT2D eigenvalue weighted by Gasteiger charge is -2.31. The molecule has 0 saturated carbocycles. The van der Waals surface area contributed by atoms with Gasteiger partial charge >= 0.3 is 0 Å². The third-order valence-electron chi connectivity index (χ3n) is 6.26. The van der Waals surface area contributed by atoms with Gasteiger partial charge in [0, 0.05) is 36.5 Å². The van der Waals surface area contributed by atoms with Crippen molar-refractivity contribution in [2.45, 2.75) is 103 Å². The zero-order valence-electron chi connectivity index (χ0n) is 19.1. The second kappa shape index (κ2) is 15.8. The molecule has 0 radical (unpaired) electrons.